The molecular weight excluding hydrogens is 414 g/mol. The van der Waals surface area contributed by atoms with E-state index in [4.69, 9.17) is 0 Å². The molecule has 0 saturated heterocycles. The molecule has 0 spiro atoms. The minimum Gasteiger partial charge on any atom is -0.326 e. The third kappa shape index (κ3) is 4.62. The van der Waals surface area contributed by atoms with E-state index in [1.807, 2.05) is 47.0 Å². The van der Waals surface area contributed by atoms with Gasteiger partial charge in [-0.2, -0.15) is 0 Å². The number of carbonyl (C=O) groups excluding carboxylic acids is 1. The van der Waals surface area contributed by atoms with Gasteiger partial charge in [-0.3, -0.25) is 4.79 Å². The van der Waals surface area contributed by atoms with Gasteiger partial charge in [-0.05, 0) is 36.4 Å². The smallest absolute Gasteiger partial charge is 0.240 e. The number of nitrogens with zero attached hydrogens (tertiary/aromatic N) is 3. The van der Waals surface area contributed by atoms with Crippen LogP contribution in [0.15, 0.2) is 77.8 Å². The lowest BCUT2D eigenvalue weighted by molar-refractivity contribution is -0.114. The standard InChI is InChI=1S/C22H21N5O3S/c1-16(28)25-18-9-11-19(12-10-18)31(29,30)24-14-15-27-21(17-6-3-2-4-7-17)26-20-8-5-13-23-22(20)27/h2-13,24H,14-15H2,1H3,(H,25,28). The Morgan fingerprint density at radius 2 is 1.74 bits per heavy atom. The molecule has 2 N–H and O–H groups in total. The molecular formula is C22H21N5O3S. The fraction of sp³-hybridized carbons (Fsp3) is 0.136. The second-order valence-corrected chi connectivity index (χ2v) is 8.67. The Morgan fingerprint density at radius 1 is 1.00 bits per heavy atom. The predicted octanol–water partition coefficient (Wildman–Crippen LogP) is 3.04. The molecule has 2 heterocycles. The van der Waals surface area contributed by atoms with Crippen molar-refractivity contribution in [1.29, 1.82) is 0 Å². The molecule has 8 nitrogen and oxygen atoms in total. The van der Waals surface area contributed by atoms with Crippen molar-refractivity contribution in [1.82, 2.24) is 19.3 Å². The number of nitrogens with one attached hydrogen (secondary N) is 2. The van der Waals surface area contributed by atoms with Gasteiger partial charge >= 0.3 is 0 Å². The first-order valence-electron chi connectivity index (χ1n) is 9.68. The van der Waals surface area contributed by atoms with Crippen molar-refractivity contribution in [3.05, 3.63) is 72.9 Å². The highest BCUT2D eigenvalue weighted by molar-refractivity contribution is 7.89. The monoisotopic (exact) mass is 435 g/mol. The summed E-state index contributed by atoms with van der Waals surface area (Å²) in [6, 6.07) is 19.4. The number of rotatable bonds is 7. The molecule has 0 aliphatic heterocycles. The van der Waals surface area contributed by atoms with E-state index in [1.165, 1.54) is 19.1 Å². The Hall–Kier alpha value is -3.56. The van der Waals surface area contributed by atoms with E-state index in [2.05, 4.69) is 20.0 Å². The molecule has 1 amide bonds. The van der Waals surface area contributed by atoms with Gasteiger partial charge in [-0.15, -0.1) is 0 Å². The van der Waals surface area contributed by atoms with Crippen LogP contribution in [0.1, 0.15) is 6.92 Å². The summed E-state index contributed by atoms with van der Waals surface area (Å²) in [7, 11) is -3.71. The molecule has 0 unspecified atom stereocenters. The average molecular weight is 436 g/mol. The third-order valence-corrected chi connectivity index (χ3v) is 6.13. The van der Waals surface area contributed by atoms with Crippen LogP contribution in [0, 0.1) is 0 Å². The predicted molar refractivity (Wildman–Crippen MR) is 119 cm³/mol. The second kappa shape index (κ2) is 8.66. The molecule has 31 heavy (non-hydrogen) atoms. The average Bonchev–Trinajstić information content (AvgIpc) is 3.13. The summed E-state index contributed by atoms with van der Waals surface area (Å²) < 4.78 is 29.9. The first kappa shape index (κ1) is 20.7. The maximum Gasteiger partial charge on any atom is 0.240 e. The minimum absolute atomic E-state index is 0.124. The van der Waals surface area contributed by atoms with Crippen molar-refractivity contribution in [2.75, 3.05) is 11.9 Å². The van der Waals surface area contributed by atoms with E-state index in [0.717, 1.165) is 16.9 Å². The van der Waals surface area contributed by atoms with Crippen LogP contribution in [0.4, 0.5) is 5.69 Å². The number of fused-ring (bicyclic) bond motifs is 1. The van der Waals surface area contributed by atoms with Gasteiger partial charge in [0.25, 0.3) is 0 Å². The van der Waals surface area contributed by atoms with E-state index >= 15 is 0 Å². The molecule has 0 fully saturated rings. The summed E-state index contributed by atoms with van der Waals surface area (Å²) in [4.78, 5) is 20.3. The quantitative estimate of drug-likeness (QED) is 0.464. The van der Waals surface area contributed by atoms with Gasteiger partial charge < -0.3 is 9.88 Å². The van der Waals surface area contributed by atoms with Crippen LogP contribution < -0.4 is 10.0 Å². The Balaban J connectivity index is 1.53. The number of sulfonamides is 1. The SMILES string of the molecule is CC(=O)Nc1ccc(S(=O)(=O)NCCn2c(-c3ccccc3)nc3cccnc32)cc1. The van der Waals surface area contributed by atoms with E-state index in [0.29, 0.717) is 17.9 Å². The first-order chi connectivity index (χ1) is 14.9. The number of benzene rings is 2. The number of aromatic nitrogens is 3. The van der Waals surface area contributed by atoms with Crippen LogP contribution in [0.25, 0.3) is 22.6 Å². The number of anilines is 1. The van der Waals surface area contributed by atoms with E-state index < -0.39 is 10.0 Å². The summed E-state index contributed by atoms with van der Waals surface area (Å²) in [5.74, 6) is 0.511. The fourth-order valence-electron chi connectivity index (χ4n) is 3.27. The number of pyridine rings is 1. The largest absolute Gasteiger partial charge is 0.326 e. The van der Waals surface area contributed by atoms with Crippen LogP contribution in [-0.4, -0.2) is 35.4 Å². The molecule has 0 saturated carbocycles. The summed E-state index contributed by atoms with van der Waals surface area (Å²) in [6.07, 6.45) is 1.69. The van der Waals surface area contributed by atoms with Gasteiger partial charge in [0.05, 0.1) is 4.90 Å². The highest BCUT2D eigenvalue weighted by atomic mass is 32.2. The normalized spacial score (nSPS) is 11.5. The maximum atomic E-state index is 12.7. The second-order valence-electron chi connectivity index (χ2n) is 6.90. The number of imidazole rings is 1. The summed E-state index contributed by atoms with van der Waals surface area (Å²) >= 11 is 0. The zero-order valence-corrected chi connectivity index (χ0v) is 17.6. The molecule has 2 aromatic heterocycles. The van der Waals surface area contributed by atoms with Crippen LogP contribution in [0.3, 0.4) is 0 Å². The first-order valence-corrected chi connectivity index (χ1v) is 11.2. The molecule has 2 aromatic carbocycles. The van der Waals surface area contributed by atoms with Crippen molar-refractivity contribution in [3.63, 3.8) is 0 Å². The van der Waals surface area contributed by atoms with E-state index in [1.54, 1.807) is 18.3 Å². The van der Waals surface area contributed by atoms with Crippen LogP contribution in [0.5, 0.6) is 0 Å². The zero-order chi connectivity index (χ0) is 21.8. The molecule has 4 aromatic rings. The molecule has 0 bridgehead atoms. The van der Waals surface area contributed by atoms with Gasteiger partial charge in [0.1, 0.15) is 11.3 Å². The molecule has 0 aliphatic rings. The topological polar surface area (TPSA) is 106 Å². The van der Waals surface area contributed by atoms with Crippen LogP contribution in [0.2, 0.25) is 0 Å². The highest BCUT2D eigenvalue weighted by Gasteiger charge is 2.16. The molecule has 9 heteroatoms. The van der Waals surface area contributed by atoms with E-state index in [-0.39, 0.29) is 17.3 Å². The maximum absolute atomic E-state index is 12.7. The fourth-order valence-corrected chi connectivity index (χ4v) is 4.29. The lowest BCUT2D eigenvalue weighted by atomic mass is 10.2. The number of hydrogen-bond donors (Lipinski definition) is 2. The van der Waals surface area contributed by atoms with Crippen molar-refractivity contribution < 1.29 is 13.2 Å². The molecule has 0 radical (unpaired) electrons. The molecule has 0 aliphatic carbocycles. The molecule has 0 atom stereocenters. The Kier molecular flexibility index (Phi) is 5.79. The van der Waals surface area contributed by atoms with Gasteiger partial charge in [0, 0.05) is 37.5 Å². The van der Waals surface area contributed by atoms with Gasteiger partial charge in [0.15, 0.2) is 5.65 Å². The van der Waals surface area contributed by atoms with Crippen LogP contribution in [-0.2, 0) is 21.4 Å². The Bertz CT molecular complexity index is 1320. The van der Waals surface area contributed by atoms with E-state index in [9.17, 15) is 13.2 Å². The van der Waals surface area contributed by atoms with Gasteiger partial charge in [-0.1, -0.05) is 30.3 Å². The van der Waals surface area contributed by atoms with Crippen molar-refractivity contribution >= 4 is 32.8 Å². The van der Waals surface area contributed by atoms with Crippen molar-refractivity contribution in [2.24, 2.45) is 0 Å². The highest BCUT2D eigenvalue weighted by Crippen LogP contribution is 2.23. The van der Waals surface area contributed by atoms with Crippen LogP contribution >= 0.6 is 0 Å². The lowest BCUT2D eigenvalue weighted by Crippen LogP contribution is -2.27. The minimum atomic E-state index is -3.71. The molecule has 4 rings (SSSR count). The van der Waals surface area contributed by atoms with Gasteiger partial charge in [-0.25, -0.2) is 23.1 Å². The lowest BCUT2D eigenvalue weighted by Gasteiger charge is -2.11. The summed E-state index contributed by atoms with van der Waals surface area (Å²) in [5.41, 5.74) is 2.91. The Morgan fingerprint density at radius 3 is 2.45 bits per heavy atom. The Labute approximate surface area is 180 Å². The summed E-state index contributed by atoms with van der Waals surface area (Å²) in [6.45, 7) is 1.92. The third-order valence-electron chi connectivity index (χ3n) is 4.65. The molecule has 158 valence electrons. The van der Waals surface area contributed by atoms with Crippen molar-refractivity contribution in [3.8, 4) is 11.4 Å². The number of amides is 1. The zero-order valence-electron chi connectivity index (χ0n) is 16.8. The van der Waals surface area contributed by atoms with Gasteiger partial charge in [0.2, 0.25) is 15.9 Å². The summed E-state index contributed by atoms with van der Waals surface area (Å²) in [5, 5.41) is 2.61. The van der Waals surface area contributed by atoms with Crippen molar-refractivity contribution in [2.45, 2.75) is 18.4 Å². The number of hydrogen-bond acceptors (Lipinski definition) is 5. The number of carbonyl (C=O) groups is 1.